The van der Waals surface area contributed by atoms with E-state index < -0.39 is 0 Å². The van der Waals surface area contributed by atoms with Gasteiger partial charge in [-0.15, -0.1) is 0 Å². The average molecular weight is 315 g/mol. The summed E-state index contributed by atoms with van der Waals surface area (Å²) in [6.45, 7) is 5.34. The van der Waals surface area contributed by atoms with Crippen molar-refractivity contribution in [1.82, 2.24) is 5.32 Å². The fourth-order valence-corrected chi connectivity index (χ4v) is 3.04. The van der Waals surface area contributed by atoms with E-state index >= 15 is 0 Å². The summed E-state index contributed by atoms with van der Waals surface area (Å²) in [7, 11) is 3.45. The molecule has 0 saturated heterocycles. The first-order valence-electron chi connectivity index (χ1n) is 9.80. The van der Waals surface area contributed by atoms with Gasteiger partial charge >= 0.3 is 0 Å². The summed E-state index contributed by atoms with van der Waals surface area (Å²) < 4.78 is -0.227. The Morgan fingerprint density at radius 1 is 0.727 bits per heavy atom. The van der Waals surface area contributed by atoms with Crippen LogP contribution < -0.4 is 5.32 Å². The van der Waals surface area contributed by atoms with E-state index in [9.17, 15) is 5.21 Å². The Kier molecular flexibility index (Phi) is 14.4. The molecule has 0 aromatic rings. The van der Waals surface area contributed by atoms with Crippen molar-refractivity contribution >= 4 is 0 Å². The molecule has 3 nitrogen and oxygen atoms in total. The van der Waals surface area contributed by atoms with Crippen LogP contribution in [0.5, 0.6) is 0 Å². The Hall–Kier alpha value is -0.120. The molecule has 1 N–H and O–H groups in total. The average Bonchev–Trinajstić information content (AvgIpc) is 2.46. The lowest BCUT2D eigenvalue weighted by Crippen LogP contribution is -2.52. The van der Waals surface area contributed by atoms with Crippen LogP contribution in [-0.4, -0.2) is 31.5 Å². The van der Waals surface area contributed by atoms with Crippen LogP contribution in [-0.2, 0) is 0 Å². The van der Waals surface area contributed by atoms with Crippen LogP contribution in [0.25, 0.3) is 0 Å². The van der Waals surface area contributed by atoms with Crippen molar-refractivity contribution in [3.8, 4) is 0 Å². The zero-order valence-electron chi connectivity index (χ0n) is 15.8. The highest BCUT2D eigenvalue weighted by Gasteiger charge is 2.16. The summed E-state index contributed by atoms with van der Waals surface area (Å²) in [4.78, 5) is 0. The predicted molar refractivity (Wildman–Crippen MR) is 98.6 cm³/mol. The fourth-order valence-electron chi connectivity index (χ4n) is 3.04. The monoisotopic (exact) mass is 314 g/mol. The number of hydroxylamine groups is 3. The third-order valence-corrected chi connectivity index (χ3v) is 4.55. The summed E-state index contributed by atoms with van der Waals surface area (Å²) in [5.74, 6) is 0. The van der Waals surface area contributed by atoms with Gasteiger partial charge < -0.3 is 9.85 Å². The Bertz CT molecular complexity index is 226. The molecular formula is C19H42N2O. The van der Waals surface area contributed by atoms with Crippen molar-refractivity contribution in [3.63, 3.8) is 0 Å². The van der Waals surface area contributed by atoms with Crippen LogP contribution in [0, 0.1) is 5.21 Å². The van der Waals surface area contributed by atoms with Gasteiger partial charge in [-0.3, -0.25) is 5.32 Å². The maximum atomic E-state index is 11.9. The van der Waals surface area contributed by atoms with Crippen molar-refractivity contribution in [1.29, 1.82) is 0 Å². The van der Waals surface area contributed by atoms with Gasteiger partial charge in [0.2, 0.25) is 0 Å². The molecular weight excluding hydrogens is 272 g/mol. The fraction of sp³-hybridized carbons (Fsp3) is 1.00. The molecule has 0 aliphatic rings. The number of quaternary nitrogens is 1. The molecule has 0 aliphatic heterocycles. The van der Waals surface area contributed by atoms with Crippen LogP contribution in [0.4, 0.5) is 0 Å². The minimum absolute atomic E-state index is 0.0488. The highest BCUT2D eigenvalue weighted by atomic mass is 16.5. The smallest absolute Gasteiger partial charge is 0.141 e. The molecule has 1 atom stereocenters. The number of hydrogen-bond acceptors (Lipinski definition) is 2. The van der Waals surface area contributed by atoms with Gasteiger partial charge in [0.1, 0.15) is 6.17 Å². The van der Waals surface area contributed by atoms with Crippen LogP contribution in [0.3, 0.4) is 0 Å². The zero-order chi connectivity index (χ0) is 16.7. The second-order valence-electron chi connectivity index (χ2n) is 7.20. The van der Waals surface area contributed by atoms with E-state index in [0.717, 1.165) is 13.0 Å². The number of rotatable bonds is 16. The van der Waals surface area contributed by atoms with Crippen LogP contribution in [0.2, 0.25) is 0 Å². The minimum Gasteiger partial charge on any atom is -0.632 e. The molecule has 0 fully saturated rings. The first-order valence-corrected chi connectivity index (χ1v) is 9.80. The number of unbranched alkanes of at least 4 members (excludes halogenated alkanes) is 11. The summed E-state index contributed by atoms with van der Waals surface area (Å²) in [6.07, 6.45) is 17.5. The molecule has 0 bridgehead atoms. The van der Waals surface area contributed by atoms with Crippen molar-refractivity contribution in [2.75, 3.05) is 20.6 Å². The molecule has 0 radical (unpaired) electrons. The van der Waals surface area contributed by atoms with Crippen LogP contribution in [0.1, 0.15) is 97.3 Å². The van der Waals surface area contributed by atoms with Crippen molar-refractivity contribution in [2.45, 2.75) is 103 Å². The largest absolute Gasteiger partial charge is 0.632 e. The maximum Gasteiger partial charge on any atom is 0.141 e. The van der Waals surface area contributed by atoms with Gasteiger partial charge in [-0.25, -0.2) is 0 Å². The second-order valence-corrected chi connectivity index (χ2v) is 7.20. The molecule has 22 heavy (non-hydrogen) atoms. The third-order valence-electron chi connectivity index (χ3n) is 4.55. The third kappa shape index (κ3) is 13.5. The molecule has 0 saturated carbocycles. The summed E-state index contributed by atoms with van der Waals surface area (Å²) in [6, 6.07) is 0. The van der Waals surface area contributed by atoms with Crippen LogP contribution in [0.15, 0.2) is 0 Å². The van der Waals surface area contributed by atoms with Gasteiger partial charge in [-0.1, -0.05) is 84.5 Å². The molecule has 3 heteroatoms. The van der Waals surface area contributed by atoms with E-state index in [0.29, 0.717) is 0 Å². The molecule has 0 aromatic carbocycles. The second kappa shape index (κ2) is 14.5. The van der Waals surface area contributed by atoms with Crippen molar-refractivity contribution < 1.29 is 4.65 Å². The van der Waals surface area contributed by atoms with Gasteiger partial charge in [0, 0.05) is 13.0 Å². The SMILES string of the molecule is CCCCCCCCCCCCCCNC(CC)[N+](C)(C)[O-]. The molecule has 0 aliphatic carbocycles. The Balaban J connectivity index is 3.24. The molecule has 0 amide bonds. The van der Waals surface area contributed by atoms with Gasteiger partial charge in [0.15, 0.2) is 0 Å². The lowest BCUT2D eigenvalue weighted by atomic mass is 10.1. The minimum atomic E-state index is -0.227. The maximum absolute atomic E-state index is 11.9. The first kappa shape index (κ1) is 21.9. The lowest BCUT2D eigenvalue weighted by molar-refractivity contribution is -0.870. The number of hydrogen-bond donors (Lipinski definition) is 1. The molecule has 1 unspecified atom stereocenters. The highest BCUT2D eigenvalue weighted by Crippen LogP contribution is 2.12. The normalized spacial score (nSPS) is 13.5. The van der Waals surface area contributed by atoms with E-state index in [-0.39, 0.29) is 10.8 Å². The highest BCUT2D eigenvalue weighted by molar-refractivity contribution is 4.56. The number of nitrogens with zero attached hydrogens (tertiary/aromatic N) is 1. The molecule has 0 heterocycles. The summed E-state index contributed by atoms with van der Waals surface area (Å²) >= 11 is 0. The van der Waals surface area contributed by atoms with Crippen molar-refractivity contribution in [2.24, 2.45) is 0 Å². The summed E-state index contributed by atoms with van der Waals surface area (Å²) in [5, 5.41) is 15.3. The molecule has 134 valence electrons. The first-order chi connectivity index (χ1) is 10.5. The van der Waals surface area contributed by atoms with Crippen molar-refractivity contribution in [3.05, 3.63) is 5.21 Å². The zero-order valence-corrected chi connectivity index (χ0v) is 15.8. The Labute approximate surface area is 140 Å². The van der Waals surface area contributed by atoms with Gasteiger partial charge in [-0.2, -0.15) is 0 Å². The van der Waals surface area contributed by atoms with Gasteiger partial charge in [-0.05, 0) is 6.42 Å². The predicted octanol–water partition coefficient (Wildman–Crippen LogP) is 5.59. The van der Waals surface area contributed by atoms with E-state index in [1.54, 1.807) is 14.1 Å². The van der Waals surface area contributed by atoms with Crippen LogP contribution >= 0.6 is 0 Å². The van der Waals surface area contributed by atoms with E-state index in [2.05, 4.69) is 19.2 Å². The Morgan fingerprint density at radius 2 is 1.14 bits per heavy atom. The quantitative estimate of drug-likeness (QED) is 0.174. The molecule has 0 aromatic heterocycles. The van der Waals surface area contributed by atoms with E-state index in [4.69, 9.17) is 0 Å². The topological polar surface area (TPSA) is 35.1 Å². The van der Waals surface area contributed by atoms with E-state index in [1.807, 2.05) is 0 Å². The van der Waals surface area contributed by atoms with E-state index in [1.165, 1.54) is 77.0 Å². The Morgan fingerprint density at radius 3 is 1.50 bits per heavy atom. The van der Waals surface area contributed by atoms with Gasteiger partial charge in [0.05, 0.1) is 14.1 Å². The molecule has 0 rings (SSSR count). The standard InChI is InChI=1S/C19H42N2O/c1-5-7-8-9-10-11-12-13-14-15-16-17-18-20-19(6-2)21(3,4)22/h19-20H,5-18H2,1-4H3. The lowest BCUT2D eigenvalue weighted by Gasteiger charge is -2.41. The molecule has 0 spiro atoms. The summed E-state index contributed by atoms with van der Waals surface area (Å²) in [5.41, 5.74) is 0. The van der Waals surface area contributed by atoms with Gasteiger partial charge in [0.25, 0.3) is 0 Å². The number of nitrogens with one attached hydrogen (secondary N) is 1.